The van der Waals surface area contributed by atoms with E-state index in [9.17, 15) is 4.79 Å². The average molecular weight is 266 g/mol. The Hall–Kier alpha value is 0.210. The number of rotatable bonds is 4. The van der Waals surface area contributed by atoms with Gasteiger partial charge in [0.05, 0.1) is 5.41 Å². The first-order valence-electron chi connectivity index (χ1n) is 4.16. The molecule has 0 saturated heterocycles. The Kier molecular flexibility index (Phi) is 7.10. The van der Waals surface area contributed by atoms with Crippen molar-refractivity contribution in [2.75, 3.05) is 0 Å². The predicted molar refractivity (Wildman–Crippen MR) is 45.5 cm³/mol. The fourth-order valence-corrected chi connectivity index (χ4v) is 1.00. The van der Waals surface area contributed by atoms with Gasteiger partial charge in [-0.15, -0.1) is 0 Å². The van der Waals surface area contributed by atoms with Crippen molar-refractivity contribution in [2.24, 2.45) is 11.3 Å². The molecule has 77 valence electrons. The molecule has 2 nitrogen and oxygen atoms in total. The molecule has 0 aromatic carbocycles. The molecule has 1 N–H and O–H groups in total. The molecular formula is C9H18AgO2. The number of aliphatic carboxylic acids is 1. The largest absolute Gasteiger partial charge is 0.481 e. The molecule has 0 aliphatic heterocycles. The minimum Gasteiger partial charge on any atom is -0.481 e. The van der Waals surface area contributed by atoms with Gasteiger partial charge in [0, 0.05) is 22.4 Å². The summed E-state index contributed by atoms with van der Waals surface area (Å²) >= 11 is 0. The van der Waals surface area contributed by atoms with E-state index in [1.165, 1.54) is 0 Å². The number of carboxylic acid groups (broad SMARTS) is 1. The van der Waals surface area contributed by atoms with Crippen molar-refractivity contribution in [1.29, 1.82) is 0 Å². The molecule has 0 bridgehead atoms. The molecule has 0 fully saturated rings. The van der Waals surface area contributed by atoms with Crippen LogP contribution < -0.4 is 0 Å². The van der Waals surface area contributed by atoms with E-state index in [1.54, 1.807) is 13.8 Å². The Morgan fingerprint density at radius 1 is 1.50 bits per heavy atom. The molecule has 1 radical (unpaired) electrons. The summed E-state index contributed by atoms with van der Waals surface area (Å²) in [5.41, 5.74) is -0.573. The molecule has 0 aliphatic rings. The summed E-state index contributed by atoms with van der Waals surface area (Å²) < 4.78 is 0. The monoisotopic (exact) mass is 265 g/mol. The molecule has 0 aromatic rings. The minimum atomic E-state index is -0.696. The fourth-order valence-electron chi connectivity index (χ4n) is 1.00. The summed E-state index contributed by atoms with van der Waals surface area (Å²) in [5, 5.41) is 8.84. The van der Waals surface area contributed by atoms with Crippen molar-refractivity contribution >= 4 is 5.97 Å². The van der Waals surface area contributed by atoms with E-state index in [4.69, 9.17) is 5.11 Å². The standard InChI is InChI=1S/C9H18O2.Ag/c1-5-6-7(2)9(3,4)8(10)11;/h7H,5-6H2,1-4H3,(H,10,11);. The fraction of sp³-hybridized carbons (Fsp3) is 0.889. The third-order valence-corrected chi connectivity index (χ3v) is 2.50. The van der Waals surface area contributed by atoms with Gasteiger partial charge < -0.3 is 5.11 Å². The van der Waals surface area contributed by atoms with Gasteiger partial charge in [0.2, 0.25) is 0 Å². The maximum absolute atomic E-state index is 10.7. The number of hydrogen-bond donors (Lipinski definition) is 1. The summed E-state index contributed by atoms with van der Waals surface area (Å²) in [5.74, 6) is -0.441. The van der Waals surface area contributed by atoms with Gasteiger partial charge in [-0.1, -0.05) is 20.3 Å². The summed E-state index contributed by atoms with van der Waals surface area (Å²) in [6.45, 7) is 7.65. The van der Waals surface area contributed by atoms with Gasteiger partial charge in [0.1, 0.15) is 0 Å². The molecule has 12 heavy (non-hydrogen) atoms. The second-order valence-electron chi connectivity index (χ2n) is 3.72. The van der Waals surface area contributed by atoms with Crippen molar-refractivity contribution < 1.29 is 32.3 Å². The Bertz CT molecular complexity index is 143. The van der Waals surface area contributed by atoms with Crippen LogP contribution in [0.1, 0.15) is 40.5 Å². The average Bonchev–Trinajstić information content (AvgIpc) is 1.88. The summed E-state index contributed by atoms with van der Waals surface area (Å²) in [7, 11) is 0. The molecule has 0 amide bonds. The van der Waals surface area contributed by atoms with Crippen LogP contribution in [0, 0.1) is 11.3 Å². The zero-order chi connectivity index (χ0) is 9.07. The summed E-state index contributed by atoms with van der Waals surface area (Å²) in [4.78, 5) is 10.7. The molecule has 0 rings (SSSR count). The number of carbonyl (C=O) groups is 1. The van der Waals surface area contributed by atoms with Gasteiger partial charge in [-0.25, -0.2) is 0 Å². The SMILES string of the molecule is CCCC(C)C(C)(C)C(=O)O.[Ag]. The van der Waals surface area contributed by atoms with Gasteiger partial charge in [-0.3, -0.25) is 4.79 Å². The van der Waals surface area contributed by atoms with Gasteiger partial charge >= 0.3 is 5.97 Å². The molecule has 0 saturated carbocycles. The molecular weight excluding hydrogens is 248 g/mol. The zero-order valence-corrected chi connectivity index (χ0v) is 9.63. The Balaban J connectivity index is 0. The number of carboxylic acids is 1. The van der Waals surface area contributed by atoms with E-state index in [1.807, 2.05) is 6.92 Å². The van der Waals surface area contributed by atoms with Crippen LogP contribution in [0.4, 0.5) is 0 Å². The Labute approximate surface area is 90.2 Å². The van der Waals surface area contributed by atoms with Gasteiger partial charge in [0.15, 0.2) is 0 Å². The third kappa shape index (κ3) is 3.74. The van der Waals surface area contributed by atoms with E-state index in [0.717, 1.165) is 12.8 Å². The van der Waals surface area contributed by atoms with Gasteiger partial charge in [-0.05, 0) is 26.2 Å². The first-order chi connectivity index (χ1) is 4.92. The van der Waals surface area contributed by atoms with Crippen LogP contribution in [0.5, 0.6) is 0 Å². The topological polar surface area (TPSA) is 37.3 Å². The van der Waals surface area contributed by atoms with E-state index < -0.39 is 11.4 Å². The van der Waals surface area contributed by atoms with Crippen LogP contribution in [-0.4, -0.2) is 11.1 Å². The van der Waals surface area contributed by atoms with Crippen molar-refractivity contribution in [1.82, 2.24) is 0 Å². The maximum atomic E-state index is 10.7. The van der Waals surface area contributed by atoms with Crippen LogP contribution in [0.3, 0.4) is 0 Å². The second kappa shape index (κ2) is 5.79. The molecule has 1 unspecified atom stereocenters. The quantitative estimate of drug-likeness (QED) is 0.794. The molecule has 1 atom stereocenters. The van der Waals surface area contributed by atoms with Crippen molar-refractivity contribution in [2.45, 2.75) is 40.5 Å². The van der Waals surface area contributed by atoms with Crippen molar-refractivity contribution in [3.8, 4) is 0 Å². The molecule has 0 heterocycles. The first kappa shape index (κ1) is 14.7. The molecule has 0 aliphatic carbocycles. The molecule has 3 heteroatoms. The van der Waals surface area contributed by atoms with Crippen LogP contribution in [-0.2, 0) is 27.2 Å². The molecule has 0 aromatic heterocycles. The Morgan fingerprint density at radius 3 is 2.17 bits per heavy atom. The van der Waals surface area contributed by atoms with Gasteiger partial charge in [-0.2, -0.15) is 0 Å². The van der Waals surface area contributed by atoms with E-state index in [-0.39, 0.29) is 28.3 Å². The predicted octanol–water partition coefficient (Wildman–Crippen LogP) is 2.53. The molecule has 0 spiro atoms. The van der Waals surface area contributed by atoms with E-state index in [0.29, 0.717) is 0 Å². The van der Waals surface area contributed by atoms with Crippen LogP contribution >= 0.6 is 0 Å². The zero-order valence-electron chi connectivity index (χ0n) is 8.15. The summed E-state index contributed by atoms with van der Waals surface area (Å²) in [6.07, 6.45) is 2.04. The maximum Gasteiger partial charge on any atom is 0.309 e. The normalized spacial score (nSPS) is 13.3. The Morgan fingerprint density at radius 2 is 1.92 bits per heavy atom. The summed E-state index contributed by atoms with van der Waals surface area (Å²) in [6, 6.07) is 0. The third-order valence-electron chi connectivity index (χ3n) is 2.50. The number of hydrogen-bond acceptors (Lipinski definition) is 1. The van der Waals surface area contributed by atoms with Crippen LogP contribution in [0.25, 0.3) is 0 Å². The van der Waals surface area contributed by atoms with E-state index in [2.05, 4.69) is 6.92 Å². The first-order valence-corrected chi connectivity index (χ1v) is 4.16. The van der Waals surface area contributed by atoms with E-state index >= 15 is 0 Å². The minimum absolute atomic E-state index is 0. The van der Waals surface area contributed by atoms with Crippen molar-refractivity contribution in [3.05, 3.63) is 0 Å². The van der Waals surface area contributed by atoms with Crippen LogP contribution in [0.2, 0.25) is 0 Å². The van der Waals surface area contributed by atoms with Crippen LogP contribution in [0.15, 0.2) is 0 Å². The smallest absolute Gasteiger partial charge is 0.309 e. The second-order valence-corrected chi connectivity index (χ2v) is 3.72. The van der Waals surface area contributed by atoms with Crippen molar-refractivity contribution in [3.63, 3.8) is 0 Å². The van der Waals surface area contributed by atoms with Gasteiger partial charge in [0.25, 0.3) is 0 Å².